The fourth-order valence-electron chi connectivity index (χ4n) is 1.27. The number of hydrogen-bond donors (Lipinski definition) is 1. The third kappa shape index (κ3) is 2.88. The van der Waals surface area contributed by atoms with Gasteiger partial charge in [0.15, 0.2) is 5.00 Å². The maximum Gasteiger partial charge on any atom is 0.361 e. The van der Waals surface area contributed by atoms with Crippen molar-refractivity contribution in [3.63, 3.8) is 0 Å². The maximum atomic E-state index is 12.1. The highest BCUT2D eigenvalue weighted by atomic mass is 32.2. The zero-order valence-electron chi connectivity index (χ0n) is 9.73. The fraction of sp³-hybridized carbons (Fsp3) is 0.100. The number of carbonyl (C=O) groups is 1. The number of aromatic nitrogens is 2. The minimum absolute atomic E-state index is 0.0238. The van der Waals surface area contributed by atoms with E-state index in [1.807, 2.05) is 0 Å². The summed E-state index contributed by atoms with van der Waals surface area (Å²) in [6, 6.07) is 7.78. The number of carbonyl (C=O) groups excluding carboxylic acids is 1. The van der Waals surface area contributed by atoms with Crippen molar-refractivity contribution >= 4 is 32.5 Å². The summed E-state index contributed by atoms with van der Waals surface area (Å²) in [5.41, 5.74) is -0.160. The van der Waals surface area contributed by atoms with Crippen LogP contribution in [0.25, 0.3) is 0 Å². The molecule has 0 atom stereocenters. The van der Waals surface area contributed by atoms with Crippen molar-refractivity contribution in [3.05, 3.63) is 36.0 Å². The first-order chi connectivity index (χ1) is 9.04. The van der Waals surface area contributed by atoms with Crippen LogP contribution in [0, 0.1) is 0 Å². The van der Waals surface area contributed by atoms with Crippen LogP contribution in [0.5, 0.6) is 0 Å². The summed E-state index contributed by atoms with van der Waals surface area (Å²) in [7, 11) is -2.60. The second-order valence-electron chi connectivity index (χ2n) is 3.36. The number of anilines is 1. The first-order valence-corrected chi connectivity index (χ1v) is 7.29. The molecule has 2 aromatic rings. The van der Waals surface area contributed by atoms with Crippen LogP contribution >= 0.6 is 11.5 Å². The predicted molar refractivity (Wildman–Crippen MR) is 68.5 cm³/mol. The Bertz CT molecular complexity index is 682. The Hall–Kier alpha value is -2.00. The van der Waals surface area contributed by atoms with E-state index in [2.05, 4.69) is 19.0 Å². The molecule has 1 aromatic carbocycles. The van der Waals surface area contributed by atoms with E-state index in [0.29, 0.717) is 0 Å². The molecule has 0 radical (unpaired) electrons. The maximum absolute atomic E-state index is 12.1. The number of nitrogens with one attached hydrogen (secondary N) is 1. The molecule has 0 amide bonds. The molecular weight excluding hydrogens is 290 g/mol. The molecule has 0 aliphatic carbocycles. The molecule has 1 N–H and O–H groups in total. The second-order valence-corrected chi connectivity index (χ2v) is 5.80. The molecule has 100 valence electrons. The zero-order chi connectivity index (χ0) is 13.9. The van der Waals surface area contributed by atoms with Crippen LogP contribution in [0.1, 0.15) is 10.5 Å². The molecule has 0 fully saturated rings. The summed E-state index contributed by atoms with van der Waals surface area (Å²) in [6.45, 7) is 0. The summed E-state index contributed by atoms with van der Waals surface area (Å²) in [5.74, 6) is -0.750. The third-order valence-electron chi connectivity index (χ3n) is 2.15. The molecule has 1 heterocycles. The van der Waals surface area contributed by atoms with E-state index in [-0.39, 0.29) is 15.6 Å². The Morgan fingerprint density at radius 2 is 2.00 bits per heavy atom. The molecule has 0 unspecified atom stereocenters. The molecule has 1 aromatic heterocycles. The molecule has 2 rings (SSSR count). The average molecular weight is 299 g/mol. The van der Waals surface area contributed by atoms with Gasteiger partial charge in [0.1, 0.15) is 0 Å². The van der Waals surface area contributed by atoms with E-state index >= 15 is 0 Å². The highest BCUT2D eigenvalue weighted by molar-refractivity contribution is 7.93. The smallest absolute Gasteiger partial charge is 0.361 e. The lowest BCUT2D eigenvalue weighted by Gasteiger charge is -2.05. The first kappa shape index (κ1) is 13.4. The Balaban J connectivity index is 2.32. The van der Waals surface area contributed by atoms with Gasteiger partial charge in [0.25, 0.3) is 10.0 Å². The number of hydrogen-bond acceptors (Lipinski definition) is 7. The number of ether oxygens (including phenoxy) is 1. The zero-order valence-corrected chi connectivity index (χ0v) is 11.4. The Morgan fingerprint density at radius 3 is 2.63 bits per heavy atom. The Kier molecular flexibility index (Phi) is 3.76. The number of nitrogens with zero attached hydrogens (tertiary/aromatic N) is 2. The standard InChI is InChI=1S/C10H9N3O4S2/c1-17-10(14)8-9(18-13-11-8)12-19(15,16)7-5-3-2-4-6-7/h2-6,12H,1H3. The van der Waals surface area contributed by atoms with Crippen molar-refractivity contribution in [2.75, 3.05) is 11.8 Å². The van der Waals surface area contributed by atoms with Crippen molar-refractivity contribution in [3.8, 4) is 0 Å². The van der Waals surface area contributed by atoms with Gasteiger partial charge in [-0.15, -0.1) is 5.10 Å². The number of esters is 1. The molecule has 0 aliphatic rings. The molecule has 0 aliphatic heterocycles. The van der Waals surface area contributed by atoms with Crippen LogP contribution in [0.4, 0.5) is 5.00 Å². The summed E-state index contributed by atoms with van der Waals surface area (Å²) >= 11 is 0.763. The quantitative estimate of drug-likeness (QED) is 0.850. The molecule has 7 nitrogen and oxygen atoms in total. The second kappa shape index (κ2) is 5.33. The lowest BCUT2D eigenvalue weighted by Crippen LogP contribution is -2.14. The number of methoxy groups -OCH3 is 1. The number of benzene rings is 1. The Morgan fingerprint density at radius 1 is 1.32 bits per heavy atom. The van der Waals surface area contributed by atoms with Crippen LogP contribution in [0.15, 0.2) is 35.2 Å². The summed E-state index contributed by atoms with van der Waals surface area (Å²) in [4.78, 5) is 11.4. The molecule has 0 saturated heterocycles. The van der Waals surface area contributed by atoms with Crippen LogP contribution in [0.2, 0.25) is 0 Å². The van der Waals surface area contributed by atoms with Gasteiger partial charge < -0.3 is 4.74 Å². The normalized spacial score (nSPS) is 11.0. The van der Waals surface area contributed by atoms with Crippen molar-refractivity contribution in [1.29, 1.82) is 0 Å². The monoisotopic (exact) mass is 299 g/mol. The minimum atomic E-state index is -3.77. The highest BCUT2D eigenvalue weighted by Crippen LogP contribution is 2.22. The van der Waals surface area contributed by atoms with E-state index in [9.17, 15) is 13.2 Å². The SMILES string of the molecule is COC(=O)c1nnsc1NS(=O)(=O)c1ccccc1. The van der Waals surface area contributed by atoms with Gasteiger partial charge in [0, 0.05) is 11.5 Å². The largest absolute Gasteiger partial charge is 0.464 e. The Labute approximate surface area is 113 Å². The van der Waals surface area contributed by atoms with Crippen molar-refractivity contribution in [2.24, 2.45) is 0 Å². The molecular formula is C10H9N3O4S2. The lowest BCUT2D eigenvalue weighted by atomic mass is 10.4. The summed E-state index contributed by atoms with van der Waals surface area (Å²) in [6.07, 6.45) is 0. The molecule has 0 spiro atoms. The highest BCUT2D eigenvalue weighted by Gasteiger charge is 2.22. The van der Waals surface area contributed by atoms with Crippen LogP contribution < -0.4 is 4.72 Å². The molecule has 0 bridgehead atoms. The number of sulfonamides is 1. The molecule has 19 heavy (non-hydrogen) atoms. The molecule has 9 heteroatoms. The number of rotatable bonds is 4. The van der Waals surface area contributed by atoms with Gasteiger partial charge in [-0.1, -0.05) is 22.7 Å². The van der Waals surface area contributed by atoms with Gasteiger partial charge in [-0.2, -0.15) is 0 Å². The van der Waals surface area contributed by atoms with E-state index in [4.69, 9.17) is 0 Å². The average Bonchev–Trinajstić information content (AvgIpc) is 2.86. The van der Waals surface area contributed by atoms with Crippen molar-refractivity contribution in [1.82, 2.24) is 9.59 Å². The topological polar surface area (TPSA) is 98.2 Å². The van der Waals surface area contributed by atoms with E-state index in [1.165, 1.54) is 19.2 Å². The molecule has 0 saturated carbocycles. The summed E-state index contributed by atoms with van der Waals surface area (Å²) < 4.78 is 34.4. The fourth-order valence-corrected chi connectivity index (χ4v) is 3.14. The summed E-state index contributed by atoms with van der Waals surface area (Å²) in [5, 5.41) is 3.56. The third-order valence-corrected chi connectivity index (χ3v) is 4.28. The van der Waals surface area contributed by atoms with Gasteiger partial charge >= 0.3 is 5.97 Å². The van der Waals surface area contributed by atoms with Crippen LogP contribution in [0.3, 0.4) is 0 Å². The van der Waals surface area contributed by atoms with Gasteiger partial charge in [-0.3, -0.25) is 4.72 Å². The van der Waals surface area contributed by atoms with E-state index in [1.54, 1.807) is 18.2 Å². The lowest BCUT2D eigenvalue weighted by molar-refractivity contribution is 0.0595. The van der Waals surface area contributed by atoms with Crippen molar-refractivity contribution in [2.45, 2.75) is 4.90 Å². The first-order valence-electron chi connectivity index (χ1n) is 5.03. The van der Waals surface area contributed by atoms with Gasteiger partial charge in [0.2, 0.25) is 5.69 Å². The van der Waals surface area contributed by atoms with Crippen LogP contribution in [-0.2, 0) is 14.8 Å². The predicted octanol–water partition coefficient (Wildman–Crippen LogP) is 1.13. The van der Waals surface area contributed by atoms with Gasteiger partial charge in [-0.05, 0) is 12.1 Å². The van der Waals surface area contributed by atoms with E-state index in [0.717, 1.165) is 11.5 Å². The minimum Gasteiger partial charge on any atom is -0.464 e. The van der Waals surface area contributed by atoms with Crippen LogP contribution in [-0.4, -0.2) is 31.1 Å². The van der Waals surface area contributed by atoms with Gasteiger partial charge in [-0.25, -0.2) is 13.2 Å². The van der Waals surface area contributed by atoms with Gasteiger partial charge in [0.05, 0.1) is 12.0 Å². The van der Waals surface area contributed by atoms with Crippen molar-refractivity contribution < 1.29 is 17.9 Å². The van der Waals surface area contributed by atoms with E-state index < -0.39 is 16.0 Å².